The fraction of sp³-hybridized carbons (Fsp3) is 0.469. The first-order chi connectivity index (χ1) is 21.7. The Labute approximate surface area is 266 Å². The molecule has 3 aromatic rings. The van der Waals surface area contributed by atoms with E-state index in [1.807, 2.05) is 13.1 Å². The molecule has 46 heavy (non-hydrogen) atoms. The standard InChI is InChI=1S/C32H37F4N5O4S/c1-40-11-9-19(10-12-40)13-28(42)23-16-29(45-3)27(17-25(23)33)39-31-37-18-24(32(34,35)36)26(38-31)15-21-14-20-7-5-6-8-22(20)30(21)41(2)46(4,43)44/h5-8,16-19,21,30H,9-15H2,1-4H3,(H,37,38,39)/t21-,30-/m0/s1. The molecule has 1 aliphatic carbocycles. The Balaban J connectivity index is 1.43. The van der Waals surface area contributed by atoms with Gasteiger partial charge in [-0.3, -0.25) is 4.79 Å². The third kappa shape index (κ3) is 7.34. The number of aromatic nitrogens is 2. The van der Waals surface area contributed by atoms with Crippen LogP contribution in [0, 0.1) is 17.7 Å². The van der Waals surface area contributed by atoms with Crippen LogP contribution < -0.4 is 10.1 Å². The van der Waals surface area contributed by atoms with Crippen molar-refractivity contribution >= 4 is 27.4 Å². The van der Waals surface area contributed by atoms with Crippen LogP contribution in [0.5, 0.6) is 5.75 Å². The van der Waals surface area contributed by atoms with Crippen LogP contribution in [0.4, 0.5) is 29.2 Å². The van der Waals surface area contributed by atoms with Gasteiger partial charge in [0.2, 0.25) is 16.0 Å². The molecule has 0 spiro atoms. The number of Topliss-reactive ketones (excluding diaryl/α,β-unsaturated/α-hetero) is 1. The molecule has 0 unspecified atom stereocenters. The third-order valence-electron chi connectivity index (χ3n) is 8.99. The summed E-state index contributed by atoms with van der Waals surface area (Å²) in [6.45, 7) is 1.73. The van der Waals surface area contributed by atoms with E-state index in [9.17, 15) is 26.4 Å². The number of anilines is 2. The lowest BCUT2D eigenvalue weighted by molar-refractivity contribution is -0.138. The zero-order valence-corrected chi connectivity index (χ0v) is 26.9. The molecule has 2 atom stereocenters. The van der Waals surface area contributed by atoms with Crippen LogP contribution in [-0.2, 0) is 29.0 Å². The smallest absolute Gasteiger partial charge is 0.419 e. The monoisotopic (exact) mass is 663 g/mol. The molecule has 1 N–H and O–H groups in total. The van der Waals surface area contributed by atoms with E-state index < -0.39 is 39.5 Å². The average molecular weight is 664 g/mol. The number of carbonyl (C=O) groups is 1. The van der Waals surface area contributed by atoms with E-state index in [0.717, 1.165) is 49.4 Å². The predicted molar refractivity (Wildman–Crippen MR) is 165 cm³/mol. The highest BCUT2D eigenvalue weighted by atomic mass is 32.2. The fourth-order valence-electron chi connectivity index (χ4n) is 6.45. The summed E-state index contributed by atoms with van der Waals surface area (Å²) in [5.41, 5.74) is 0.0928. The summed E-state index contributed by atoms with van der Waals surface area (Å²) in [6, 6.07) is 8.80. The average Bonchev–Trinajstić information content (AvgIpc) is 3.34. The Morgan fingerprint density at radius 2 is 1.87 bits per heavy atom. The number of ether oxygens (including phenoxy) is 1. The van der Waals surface area contributed by atoms with Gasteiger partial charge in [0.1, 0.15) is 11.6 Å². The molecular weight excluding hydrogens is 626 g/mol. The Kier molecular flexibility index (Phi) is 9.71. The van der Waals surface area contributed by atoms with Gasteiger partial charge in [-0.25, -0.2) is 22.8 Å². The zero-order chi connectivity index (χ0) is 33.4. The largest absolute Gasteiger partial charge is 0.495 e. The molecule has 1 aromatic heterocycles. The van der Waals surface area contributed by atoms with Gasteiger partial charge in [0.15, 0.2) is 5.78 Å². The molecule has 1 saturated heterocycles. The van der Waals surface area contributed by atoms with Crippen molar-refractivity contribution in [1.29, 1.82) is 0 Å². The van der Waals surface area contributed by atoms with E-state index in [0.29, 0.717) is 12.6 Å². The van der Waals surface area contributed by atoms with E-state index in [1.54, 1.807) is 18.2 Å². The molecule has 2 aliphatic rings. The highest BCUT2D eigenvalue weighted by Crippen LogP contribution is 2.44. The van der Waals surface area contributed by atoms with Crippen LogP contribution in [-0.4, -0.2) is 73.9 Å². The number of ketones is 1. The van der Waals surface area contributed by atoms with Crippen molar-refractivity contribution in [3.8, 4) is 5.75 Å². The minimum absolute atomic E-state index is 0.0320. The van der Waals surface area contributed by atoms with Crippen molar-refractivity contribution in [1.82, 2.24) is 19.2 Å². The number of fused-ring (bicyclic) bond motifs is 1. The van der Waals surface area contributed by atoms with Crippen LogP contribution in [0.2, 0.25) is 0 Å². The van der Waals surface area contributed by atoms with Gasteiger partial charge < -0.3 is 15.0 Å². The minimum atomic E-state index is -4.78. The van der Waals surface area contributed by atoms with Crippen LogP contribution in [0.25, 0.3) is 0 Å². The summed E-state index contributed by atoms with van der Waals surface area (Å²) >= 11 is 0. The van der Waals surface area contributed by atoms with Gasteiger partial charge in [-0.2, -0.15) is 17.5 Å². The van der Waals surface area contributed by atoms with E-state index in [-0.39, 0.29) is 53.2 Å². The first-order valence-corrected chi connectivity index (χ1v) is 16.8. The van der Waals surface area contributed by atoms with E-state index in [4.69, 9.17) is 4.74 Å². The van der Waals surface area contributed by atoms with Gasteiger partial charge in [-0.1, -0.05) is 24.3 Å². The molecule has 0 radical (unpaired) electrons. The number of sulfonamides is 1. The maximum absolute atomic E-state index is 15.3. The van der Waals surface area contributed by atoms with Crippen molar-refractivity contribution < 1.29 is 35.5 Å². The van der Waals surface area contributed by atoms with Gasteiger partial charge in [0, 0.05) is 25.7 Å². The lowest BCUT2D eigenvalue weighted by atomic mass is 9.90. The number of benzene rings is 2. The summed E-state index contributed by atoms with van der Waals surface area (Å²) < 4.78 is 89.4. The molecule has 0 saturated carbocycles. The molecule has 1 aliphatic heterocycles. The summed E-state index contributed by atoms with van der Waals surface area (Å²) in [6.07, 6.45) is -1.05. The van der Waals surface area contributed by atoms with Crippen LogP contribution >= 0.6 is 0 Å². The Morgan fingerprint density at radius 3 is 2.52 bits per heavy atom. The zero-order valence-electron chi connectivity index (χ0n) is 26.1. The van der Waals surface area contributed by atoms with E-state index >= 15 is 4.39 Å². The van der Waals surface area contributed by atoms with Gasteiger partial charge >= 0.3 is 6.18 Å². The molecule has 0 bridgehead atoms. The number of methoxy groups -OCH3 is 1. The van der Waals surface area contributed by atoms with Crippen molar-refractivity contribution in [2.45, 2.75) is 44.3 Å². The van der Waals surface area contributed by atoms with Crippen molar-refractivity contribution in [3.05, 3.63) is 76.4 Å². The van der Waals surface area contributed by atoms with Crippen LogP contribution in [0.3, 0.4) is 0 Å². The summed E-state index contributed by atoms with van der Waals surface area (Å²) in [7, 11) is 1.08. The second-order valence-corrected chi connectivity index (χ2v) is 14.2. The maximum atomic E-state index is 15.3. The van der Waals surface area contributed by atoms with E-state index in [2.05, 4.69) is 20.2 Å². The molecule has 2 heterocycles. The lowest BCUT2D eigenvalue weighted by Crippen LogP contribution is -2.34. The summed E-state index contributed by atoms with van der Waals surface area (Å²) in [5.74, 6) is -1.70. The first-order valence-electron chi connectivity index (χ1n) is 15.0. The number of rotatable bonds is 10. The number of nitrogens with zero attached hydrogens (tertiary/aromatic N) is 4. The quantitative estimate of drug-likeness (QED) is 0.219. The number of hydrogen-bond donors (Lipinski definition) is 1. The summed E-state index contributed by atoms with van der Waals surface area (Å²) in [4.78, 5) is 23.3. The fourth-order valence-corrected chi connectivity index (χ4v) is 7.15. The molecule has 14 heteroatoms. The van der Waals surface area contributed by atoms with Gasteiger partial charge in [-0.05, 0) is 74.8 Å². The van der Waals surface area contributed by atoms with Crippen molar-refractivity contribution in [2.24, 2.45) is 11.8 Å². The van der Waals surface area contributed by atoms with Crippen LogP contribution in [0.1, 0.15) is 58.0 Å². The van der Waals surface area contributed by atoms with Crippen LogP contribution in [0.15, 0.2) is 42.6 Å². The number of hydrogen-bond acceptors (Lipinski definition) is 8. The Morgan fingerprint density at radius 1 is 1.17 bits per heavy atom. The predicted octanol–water partition coefficient (Wildman–Crippen LogP) is 5.65. The molecule has 5 rings (SSSR count). The highest BCUT2D eigenvalue weighted by Gasteiger charge is 2.41. The Hall–Kier alpha value is -3.62. The SMILES string of the molecule is COc1cc(C(=O)CC2CCN(C)CC2)c(F)cc1Nc1ncc(C(F)(F)F)c(C[C@@H]2Cc3ccccc3[C@H]2N(C)S(C)(=O)=O)n1. The third-order valence-corrected chi connectivity index (χ3v) is 10.3. The minimum Gasteiger partial charge on any atom is -0.495 e. The normalized spacial score (nSPS) is 19.3. The lowest BCUT2D eigenvalue weighted by Gasteiger charge is -2.29. The van der Waals surface area contributed by atoms with E-state index in [1.165, 1.54) is 24.5 Å². The van der Waals surface area contributed by atoms with Gasteiger partial charge in [0.05, 0.1) is 41.9 Å². The van der Waals surface area contributed by atoms with Gasteiger partial charge in [0.25, 0.3) is 0 Å². The number of halogens is 4. The number of nitrogens with one attached hydrogen (secondary N) is 1. The topological polar surface area (TPSA) is 105 Å². The molecule has 9 nitrogen and oxygen atoms in total. The molecule has 2 aromatic carbocycles. The number of piperidine rings is 1. The number of alkyl halides is 3. The maximum Gasteiger partial charge on any atom is 0.419 e. The second kappa shape index (κ2) is 13.2. The molecule has 0 amide bonds. The molecule has 248 valence electrons. The van der Waals surface area contributed by atoms with Gasteiger partial charge in [-0.15, -0.1) is 0 Å². The summed E-state index contributed by atoms with van der Waals surface area (Å²) in [5, 5.41) is 2.76. The first kappa shape index (κ1) is 33.7. The molecule has 1 fully saturated rings. The number of carbonyl (C=O) groups excluding carboxylic acids is 1. The molecular formula is C32H37F4N5O4S. The Bertz CT molecular complexity index is 1710. The van der Waals surface area contributed by atoms with Crippen molar-refractivity contribution in [3.63, 3.8) is 0 Å². The number of likely N-dealkylation sites (tertiary alicyclic amines) is 1. The second-order valence-electron chi connectivity index (χ2n) is 12.2. The van der Waals surface area contributed by atoms with Crippen molar-refractivity contribution in [2.75, 3.05) is 45.9 Å². The highest BCUT2D eigenvalue weighted by molar-refractivity contribution is 7.88.